The second-order valence-electron chi connectivity index (χ2n) is 4.34. The van der Waals surface area contributed by atoms with Crippen LogP contribution in [0.3, 0.4) is 0 Å². The number of pyridine rings is 1. The van der Waals surface area contributed by atoms with Gasteiger partial charge in [0.1, 0.15) is 10.0 Å². The molecule has 4 nitrogen and oxygen atoms in total. The van der Waals surface area contributed by atoms with Crippen LogP contribution in [0.1, 0.15) is 18.5 Å². The topological polar surface area (TPSA) is 59.1 Å². The molecule has 0 aliphatic heterocycles. The minimum Gasteiger partial charge on any atom is -0.242 e. The largest absolute Gasteiger partial charge is 0.244 e. The summed E-state index contributed by atoms with van der Waals surface area (Å²) in [6.45, 7) is 1.76. The zero-order chi connectivity index (χ0) is 15.6. The molecule has 8 heteroatoms. The number of sulfonamides is 1. The quantitative estimate of drug-likeness (QED) is 0.701. The lowest BCUT2D eigenvalue weighted by atomic mass is 10.1. The maximum absolute atomic E-state index is 12.4. The van der Waals surface area contributed by atoms with Crippen molar-refractivity contribution in [2.24, 2.45) is 0 Å². The molecule has 0 bridgehead atoms. The number of hydrogen-bond acceptors (Lipinski definition) is 3. The molecule has 0 unspecified atom stereocenters. The average Bonchev–Trinajstić information content (AvgIpc) is 2.41. The SMILES string of the molecule is C[C@@H](NS(=O)(=O)c1cc(Br)cnc1Cl)c1ccc(Br)cc1. The molecular formula is C13H11Br2ClN2O2S. The summed E-state index contributed by atoms with van der Waals surface area (Å²) < 4.78 is 28.8. The minimum absolute atomic E-state index is 0.0532. The summed E-state index contributed by atoms with van der Waals surface area (Å²) in [6, 6.07) is 8.43. The van der Waals surface area contributed by atoms with E-state index >= 15 is 0 Å². The Bertz CT molecular complexity index is 751. The molecular weight excluding hydrogens is 443 g/mol. The van der Waals surface area contributed by atoms with Crippen LogP contribution < -0.4 is 4.72 Å². The van der Waals surface area contributed by atoms with Gasteiger partial charge in [0, 0.05) is 21.2 Å². The lowest BCUT2D eigenvalue weighted by molar-refractivity contribution is 0.566. The Labute approximate surface area is 145 Å². The van der Waals surface area contributed by atoms with Crippen LogP contribution in [0, 0.1) is 0 Å². The highest BCUT2D eigenvalue weighted by atomic mass is 79.9. The van der Waals surface area contributed by atoms with Gasteiger partial charge in [0.05, 0.1) is 0 Å². The molecule has 0 saturated carbocycles. The molecule has 0 saturated heterocycles. The summed E-state index contributed by atoms with van der Waals surface area (Å²) in [5, 5.41) is -0.0614. The fourth-order valence-corrected chi connectivity index (χ4v) is 4.15. The highest BCUT2D eigenvalue weighted by Gasteiger charge is 2.22. The molecule has 2 aromatic rings. The minimum atomic E-state index is -3.76. The van der Waals surface area contributed by atoms with E-state index in [1.807, 2.05) is 24.3 Å². The van der Waals surface area contributed by atoms with Gasteiger partial charge in [-0.2, -0.15) is 0 Å². The Balaban J connectivity index is 2.28. The standard InChI is InChI=1S/C13H11Br2ClN2O2S/c1-8(9-2-4-10(14)5-3-9)18-21(19,20)12-6-11(15)7-17-13(12)16/h2-8,18H,1H3/t8-/m1/s1. The van der Waals surface area contributed by atoms with Gasteiger partial charge in [0.15, 0.2) is 0 Å². The van der Waals surface area contributed by atoms with E-state index in [9.17, 15) is 8.42 Å². The van der Waals surface area contributed by atoms with Crippen molar-refractivity contribution < 1.29 is 8.42 Å². The molecule has 1 aromatic carbocycles. The van der Waals surface area contributed by atoms with Gasteiger partial charge in [-0.1, -0.05) is 39.7 Å². The van der Waals surface area contributed by atoms with E-state index in [4.69, 9.17) is 11.6 Å². The zero-order valence-electron chi connectivity index (χ0n) is 10.8. The lowest BCUT2D eigenvalue weighted by Crippen LogP contribution is -2.27. The van der Waals surface area contributed by atoms with E-state index in [2.05, 4.69) is 41.6 Å². The van der Waals surface area contributed by atoms with E-state index < -0.39 is 16.1 Å². The van der Waals surface area contributed by atoms with Crippen molar-refractivity contribution in [2.75, 3.05) is 0 Å². The van der Waals surface area contributed by atoms with Crippen LogP contribution in [-0.2, 0) is 10.0 Å². The van der Waals surface area contributed by atoms with E-state index in [-0.39, 0.29) is 10.0 Å². The number of halogens is 3. The van der Waals surface area contributed by atoms with Crippen LogP contribution >= 0.6 is 43.5 Å². The number of hydrogen-bond donors (Lipinski definition) is 1. The van der Waals surface area contributed by atoms with Gasteiger partial charge in [0.25, 0.3) is 0 Å². The second-order valence-corrected chi connectivity index (χ2v) is 8.21. The lowest BCUT2D eigenvalue weighted by Gasteiger charge is -2.15. The van der Waals surface area contributed by atoms with Crippen LogP contribution in [0.4, 0.5) is 0 Å². The molecule has 0 aliphatic carbocycles. The molecule has 0 spiro atoms. The predicted octanol–water partition coefficient (Wildman–Crippen LogP) is 4.30. The van der Waals surface area contributed by atoms with Gasteiger partial charge in [-0.05, 0) is 46.6 Å². The number of nitrogens with zero attached hydrogens (tertiary/aromatic N) is 1. The Morgan fingerprint density at radius 2 is 1.81 bits per heavy atom. The van der Waals surface area contributed by atoms with Gasteiger partial charge < -0.3 is 0 Å². The first-order chi connectivity index (χ1) is 9.79. The number of rotatable bonds is 4. The predicted molar refractivity (Wildman–Crippen MR) is 89.8 cm³/mol. The highest BCUT2D eigenvalue weighted by molar-refractivity contribution is 9.10. The summed E-state index contributed by atoms with van der Waals surface area (Å²) in [7, 11) is -3.76. The smallest absolute Gasteiger partial charge is 0.242 e. The molecule has 0 fully saturated rings. The molecule has 1 aromatic heterocycles. The molecule has 2 rings (SSSR count). The van der Waals surface area contributed by atoms with Crippen molar-refractivity contribution in [3.8, 4) is 0 Å². The van der Waals surface area contributed by atoms with Gasteiger partial charge in [-0.15, -0.1) is 0 Å². The third-order valence-electron chi connectivity index (χ3n) is 2.76. The third kappa shape index (κ3) is 4.26. The molecule has 21 heavy (non-hydrogen) atoms. The monoisotopic (exact) mass is 452 g/mol. The molecule has 1 N–H and O–H groups in total. The van der Waals surface area contributed by atoms with Crippen molar-refractivity contribution in [1.82, 2.24) is 9.71 Å². The Hall–Kier alpha value is -0.470. The zero-order valence-corrected chi connectivity index (χ0v) is 15.6. The summed E-state index contributed by atoms with van der Waals surface area (Å²) >= 11 is 12.4. The van der Waals surface area contributed by atoms with Gasteiger partial charge in [-0.25, -0.2) is 18.1 Å². The Morgan fingerprint density at radius 1 is 1.19 bits per heavy atom. The van der Waals surface area contributed by atoms with Gasteiger partial charge in [0.2, 0.25) is 10.0 Å². The van der Waals surface area contributed by atoms with E-state index in [0.717, 1.165) is 10.0 Å². The fourth-order valence-electron chi connectivity index (χ4n) is 1.71. The van der Waals surface area contributed by atoms with Crippen LogP contribution in [-0.4, -0.2) is 13.4 Å². The summed E-state index contributed by atoms with van der Waals surface area (Å²) in [5.74, 6) is 0. The first kappa shape index (κ1) is 16.9. The van der Waals surface area contributed by atoms with Gasteiger partial charge >= 0.3 is 0 Å². The molecule has 0 radical (unpaired) electrons. The first-order valence-corrected chi connectivity index (χ1v) is 9.33. The maximum Gasteiger partial charge on any atom is 0.244 e. The third-order valence-corrected chi connectivity index (χ3v) is 5.69. The summed E-state index contributed by atoms with van der Waals surface area (Å²) in [4.78, 5) is 3.78. The Kier molecular flexibility index (Phi) is 5.43. The molecule has 1 atom stereocenters. The van der Waals surface area contributed by atoms with Crippen molar-refractivity contribution in [2.45, 2.75) is 17.9 Å². The molecule has 112 valence electrons. The summed E-state index contributed by atoms with van der Waals surface area (Å²) in [5.41, 5.74) is 0.848. The summed E-state index contributed by atoms with van der Waals surface area (Å²) in [6.07, 6.45) is 1.44. The highest BCUT2D eigenvalue weighted by Crippen LogP contribution is 2.25. The average molecular weight is 455 g/mol. The molecule has 0 amide bonds. The van der Waals surface area contributed by atoms with Crippen molar-refractivity contribution >= 4 is 53.5 Å². The van der Waals surface area contributed by atoms with E-state index in [1.54, 1.807) is 6.92 Å². The molecule has 1 heterocycles. The number of aromatic nitrogens is 1. The number of nitrogens with one attached hydrogen (secondary N) is 1. The Morgan fingerprint density at radius 3 is 2.43 bits per heavy atom. The van der Waals surface area contributed by atoms with Crippen molar-refractivity contribution in [3.63, 3.8) is 0 Å². The maximum atomic E-state index is 12.4. The van der Waals surface area contributed by atoms with Crippen LogP contribution in [0.2, 0.25) is 5.15 Å². The second kappa shape index (κ2) is 6.75. The normalized spacial score (nSPS) is 13.1. The van der Waals surface area contributed by atoms with Gasteiger partial charge in [-0.3, -0.25) is 0 Å². The van der Waals surface area contributed by atoms with Crippen molar-refractivity contribution in [3.05, 3.63) is 56.2 Å². The van der Waals surface area contributed by atoms with Crippen molar-refractivity contribution in [1.29, 1.82) is 0 Å². The van der Waals surface area contributed by atoms with Crippen LogP contribution in [0.5, 0.6) is 0 Å². The van der Waals surface area contributed by atoms with E-state index in [1.165, 1.54) is 12.3 Å². The molecule has 0 aliphatic rings. The number of benzene rings is 1. The van der Waals surface area contributed by atoms with Crippen LogP contribution in [0.25, 0.3) is 0 Å². The first-order valence-electron chi connectivity index (χ1n) is 5.88. The van der Waals surface area contributed by atoms with Crippen LogP contribution in [0.15, 0.2) is 50.4 Å². The van der Waals surface area contributed by atoms with E-state index in [0.29, 0.717) is 4.47 Å². The fraction of sp³-hybridized carbons (Fsp3) is 0.154.